The van der Waals surface area contributed by atoms with Crippen molar-refractivity contribution in [1.82, 2.24) is 0 Å². The minimum Gasteiger partial charge on any atom is -0.379 e. The lowest BCUT2D eigenvalue weighted by molar-refractivity contribution is -0.0339. The van der Waals surface area contributed by atoms with E-state index in [-0.39, 0.29) is 12.2 Å². The molecule has 0 amide bonds. The van der Waals surface area contributed by atoms with Crippen LogP contribution in [-0.4, -0.2) is 25.9 Å². The summed E-state index contributed by atoms with van der Waals surface area (Å²) in [5.41, 5.74) is 0. The van der Waals surface area contributed by atoms with Crippen LogP contribution >= 0.6 is 0 Å². The lowest BCUT2D eigenvalue weighted by atomic mass is 10.1. The Hall–Kier alpha value is -0.0800. The number of rotatable bonds is 7. The minimum absolute atomic E-state index is 0.0217. The molecule has 0 aromatic carbocycles. The first kappa shape index (κ1) is 11.9. The number of hydrogen-bond acceptors (Lipinski definition) is 2. The molecule has 2 nitrogen and oxygen atoms in total. The van der Waals surface area contributed by atoms with Gasteiger partial charge >= 0.3 is 0 Å². The highest BCUT2D eigenvalue weighted by atomic mass is 16.5. The molecule has 0 N–H and O–H groups in total. The lowest BCUT2D eigenvalue weighted by Crippen LogP contribution is -2.28. The maximum Gasteiger partial charge on any atom is 0.0837 e. The molecule has 0 aromatic rings. The molecular weight excluding hydrogens is 152 g/mol. The topological polar surface area (TPSA) is 18.5 Å². The summed E-state index contributed by atoms with van der Waals surface area (Å²) in [5.74, 6) is 0. The highest BCUT2D eigenvalue weighted by molar-refractivity contribution is 4.72. The van der Waals surface area contributed by atoms with Gasteiger partial charge in [-0.1, -0.05) is 19.8 Å². The number of ether oxygens (including phenoxy) is 2. The maximum atomic E-state index is 5.36. The van der Waals surface area contributed by atoms with E-state index in [1.54, 1.807) is 7.11 Å². The molecule has 0 aromatic heterocycles. The first-order valence-corrected chi connectivity index (χ1v) is 4.73. The summed E-state index contributed by atoms with van der Waals surface area (Å²) in [6.45, 7) is 8.76. The Bertz CT molecular complexity index is 93.8. The van der Waals surface area contributed by atoms with Crippen molar-refractivity contribution >= 4 is 0 Å². The summed E-state index contributed by atoms with van der Waals surface area (Å²) in [5, 5.41) is 0. The van der Waals surface area contributed by atoms with Gasteiger partial charge in [0.25, 0.3) is 0 Å². The third kappa shape index (κ3) is 4.73. The van der Waals surface area contributed by atoms with Gasteiger partial charge in [0.2, 0.25) is 0 Å². The van der Waals surface area contributed by atoms with Gasteiger partial charge in [-0.05, 0) is 20.3 Å². The summed E-state index contributed by atoms with van der Waals surface area (Å²) in [6, 6.07) is 0. The zero-order chi connectivity index (χ0) is 9.40. The molecular formula is C10H21O2. The van der Waals surface area contributed by atoms with Crippen LogP contribution in [-0.2, 0) is 9.47 Å². The summed E-state index contributed by atoms with van der Waals surface area (Å²) in [4.78, 5) is 0. The molecule has 0 aliphatic carbocycles. The largest absolute Gasteiger partial charge is 0.379 e. The zero-order valence-corrected chi connectivity index (χ0v) is 8.51. The molecule has 2 unspecified atom stereocenters. The molecule has 0 spiro atoms. The third-order valence-corrected chi connectivity index (χ3v) is 1.94. The maximum absolute atomic E-state index is 5.36. The molecule has 1 radical (unpaired) electrons. The van der Waals surface area contributed by atoms with E-state index < -0.39 is 0 Å². The van der Waals surface area contributed by atoms with Crippen LogP contribution in [0, 0.1) is 6.92 Å². The van der Waals surface area contributed by atoms with Crippen LogP contribution in [0.2, 0.25) is 0 Å². The third-order valence-electron chi connectivity index (χ3n) is 1.94. The Morgan fingerprint density at radius 2 is 2.00 bits per heavy atom. The monoisotopic (exact) mass is 173 g/mol. The van der Waals surface area contributed by atoms with E-state index in [9.17, 15) is 0 Å². The van der Waals surface area contributed by atoms with Crippen molar-refractivity contribution < 1.29 is 9.47 Å². The van der Waals surface area contributed by atoms with E-state index in [0.717, 1.165) is 6.42 Å². The molecule has 0 fully saturated rings. The number of hydrogen-bond donors (Lipinski definition) is 0. The summed E-state index contributed by atoms with van der Waals surface area (Å²) >= 11 is 0. The van der Waals surface area contributed by atoms with E-state index in [4.69, 9.17) is 9.47 Å². The molecule has 0 rings (SSSR count). The van der Waals surface area contributed by atoms with E-state index >= 15 is 0 Å². The van der Waals surface area contributed by atoms with Crippen LogP contribution in [0.4, 0.5) is 0 Å². The van der Waals surface area contributed by atoms with Gasteiger partial charge < -0.3 is 9.47 Å². The second-order valence-corrected chi connectivity index (χ2v) is 2.91. The first-order valence-electron chi connectivity index (χ1n) is 4.73. The smallest absolute Gasteiger partial charge is 0.0837 e. The van der Waals surface area contributed by atoms with Gasteiger partial charge in [-0.2, -0.15) is 0 Å². The highest BCUT2D eigenvalue weighted by Gasteiger charge is 2.15. The van der Waals surface area contributed by atoms with Crippen molar-refractivity contribution in [3.8, 4) is 0 Å². The van der Waals surface area contributed by atoms with Crippen molar-refractivity contribution in [1.29, 1.82) is 0 Å². The van der Waals surface area contributed by atoms with E-state index in [2.05, 4.69) is 13.8 Å². The van der Waals surface area contributed by atoms with Crippen LogP contribution in [0.1, 0.15) is 33.1 Å². The summed E-state index contributed by atoms with van der Waals surface area (Å²) < 4.78 is 10.6. The molecule has 0 aliphatic heterocycles. The standard InChI is InChI=1S/C10H21O2/c1-5-7-8-10(11-4)9(3)12-6-2/h9-10H,3,5-8H2,1-2,4H3. The van der Waals surface area contributed by atoms with Crippen LogP contribution in [0.3, 0.4) is 0 Å². The first-order chi connectivity index (χ1) is 5.76. The Morgan fingerprint density at radius 3 is 2.42 bits per heavy atom. The van der Waals surface area contributed by atoms with Gasteiger partial charge in [0.1, 0.15) is 0 Å². The van der Waals surface area contributed by atoms with Gasteiger partial charge in [0, 0.05) is 13.7 Å². The Labute approximate surface area is 76.3 Å². The van der Waals surface area contributed by atoms with Gasteiger partial charge in [-0.25, -0.2) is 0 Å². The number of unbranched alkanes of at least 4 members (excludes halogenated alkanes) is 1. The Balaban J connectivity index is 3.62. The predicted octanol–water partition coefficient (Wildman–Crippen LogP) is 2.43. The molecule has 0 heterocycles. The summed E-state index contributed by atoms with van der Waals surface area (Å²) in [6.07, 6.45) is 3.55. The fraction of sp³-hybridized carbons (Fsp3) is 0.900. The molecule has 0 saturated heterocycles. The van der Waals surface area contributed by atoms with Crippen LogP contribution < -0.4 is 0 Å². The quantitative estimate of drug-likeness (QED) is 0.588. The SMILES string of the molecule is [CH2]C(OCC)C(CCCC)OC. The van der Waals surface area contributed by atoms with Gasteiger partial charge in [0.05, 0.1) is 12.2 Å². The fourth-order valence-corrected chi connectivity index (χ4v) is 1.18. The Morgan fingerprint density at radius 1 is 1.33 bits per heavy atom. The highest BCUT2D eigenvalue weighted by Crippen LogP contribution is 2.10. The normalized spacial score (nSPS) is 16.0. The molecule has 0 aliphatic rings. The van der Waals surface area contributed by atoms with Crippen LogP contribution in [0.5, 0.6) is 0 Å². The minimum atomic E-state index is -0.0217. The van der Waals surface area contributed by atoms with Crippen molar-refractivity contribution in [2.24, 2.45) is 0 Å². The van der Waals surface area contributed by atoms with E-state index in [0.29, 0.717) is 6.61 Å². The van der Waals surface area contributed by atoms with E-state index in [1.165, 1.54) is 12.8 Å². The molecule has 0 saturated carbocycles. The average Bonchev–Trinajstić information content (AvgIpc) is 2.06. The van der Waals surface area contributed by atoms with Crippen LogP contribution in [0.25, 0.3) is 0 Å². The fourth-order valence-electron chi connectivity index (χ4n) is 1.18. The predicted molar refractivity (Wildman–Crippen MR) is 51.1 cm³/mol. The van der Waals surface area contributed by atoms with Crippen molar-refractivity contribution in [3.63, 3.8) is 0 Å². The average molecular weight is 173 g/mol. The van der Waals surface area contributed by atoms with Gasteiger partial charge in [-0.15, -0.1) is 0 Å². The van der Waals surface area contributed by atoms with Gasteiger partial charge in [-0.3, -0.25) is 0 Å². The van der Waals surface area contributed by atoms with Gasteiger partial charge in [0.15, 0.2) is 0 Å². The number of methoxy groups -OCH3 is 1. The molecule has 2 heteroatoms. The zero-order valence-electron chi connectivity index (χ0n) is 8.51. The van der Waals surface area contributed by atoms with Crippen molar-refractivity contribution in [2.75, 3.05) is 13.7 Å². The Kier molecular flexibility index (Phi) is 7.51. The van der Waals surface area contributed by atoms with Crippen LogP contribution in [0.15, 0.2) is 0 Å². The second-order valence-electron chi connectivity index (χ2n) is 2.91. The summed E-state index contributed by atoms with van der Waals surface area (Å²) in [7, 11) is 1.72. The van der Waals surface area contributed by atoms with Crippen molar-refractivity contribution in [3.05, 3.63) is 6.92 Å². The molecule has 0 bridgehead atoms. The molecule has 12 heavy (non-hydrogen) atoms. The van der Waals surface area contributed by atoms with Crippen molar-refractivity contribution in [2.45, 2.75) is 45.3 Å². The van der Waals surface area contributed by atoms with E-state index in [1.807, 2.05) is 6.92 Å². The molecule has 2 atom stereocenters. The second kappa shape index (κ2) is 7.56. The molecule has 73 valence electrons. The lowest BCUT2D eigenvalue weighted by Gasteiger charge is -2.21.